The van der Waals surface area contributed by atoms with Gasteiger partial charge in [0.2, 0.25) is 0 Å². The maximum Gasteiger partial charge on any atom is 0.0101 e. The van der Waals surface area contributed by atoms with Crippen molar-refractivity contribution in [3.05, 3.63) is 0 Å². The van der Waals surface area contributed by atoms with Gasteiger partial charge in [-0.05, 0) is 94.3 Å². The Hall–Kier alpha value is -0.0400. The Morgan fingerprint density at radius 2 is 1.00 bits per heavy atom. The molecule has 4 aliphatic carbocycles. The van der Waals surface area contributed by atoms with E-state index in [1.54, 1.807) is 32.1 Å². The highest BCUT2D eigenvalue weighted by atomic mass is 15.2. The summed E-state index contributed by atoms with van der Waals surface area (Å²) in [5.41, 5.74) is 0. The molecule has 4 fully saturated rings. The summed E-state index contributed by atoms with van der Waals surface area (Å²) >= 11 is 0. The molecule has 4 saturated carbocycles. The molecule has 1 nitrogen and oxygen atoms in total. The SMILES string of the molecule is CCC(C)C1CCC(CC2CCC(N(C3CCCCC3)C3CCCCC3)CC2)CC1. The summed E-state index contributed by atoms with van der Waals surface area (Å²) in [5, 5.41) is 0. The monoisotopic (exact) mass is 415 g/mol. The van der Waals surface area contributed by atoms with E-state index in [9.17, 15) is 0 Å². The van der Waals surface area contributed by atoms with Crippen LogP contribution in [0.5, 0.6) is 0 Å². The maximum atomic E-state index is 3.16. The van der Waals surface area contributed by atoms with Crippen LogP contribution in [0.1, 0.15) is 142 Å². The summed E-state index contributed by atoms with van der Waals surface area (Å²) < 4.78 is 0. The molecule has 30 heavy (non-hydrogen) atoms. The Bertz CT molecular complexity index is 441. The van der Waals surface area contributed by atoms with Gasteiger partial charge in [0, 0.05) is 18.1 Å². The summed E-state index contributed by atoms with van der Waals surface area (Å²) in [6.45, 7) is 4.88. The van der Waals surface area contributed by atoms with Crippen molar-refractivity contribution in [3.63, 3.8) is 0 Å². The number of hydrogen-bond acceptors (Lipinski definition) is 1. The minimum Gasteiger partial charge on any atom is -0.294 e. The minimum atomic E-state index is 0.939. The van der Waals surface area contributed by atoms with Crippen molar-refractivity contribution in [2.75, 3.05) is 0 Å². The summed E-state index contributed by atoms with van der Waals surface area (Å²) in [6.07, 6.45) is 30.3. The van der Waals surface area contributed by atoms with Gasteiger partial charge in [-0.1, -0.05) is 71.6 Å². The van der Waals surface area contributed by atoms with Gasteiger partial charge in [0.25, 0.3) is 0 Å². The zero-order valence-corrected chi connectivity index (χ0v) is 20.6. The van der Waals surface area contributed by atoms with E-state index in [0.29, 0.717) is 0 Å². The van der Waals surface area contributed by atoms with E-state index in [0.717, 1.165) is 41.8 Å². The second kappa shape index (κ2) is 11.7. The third-order valence-electron chi connectivity index (χ3n) is 10.2. The molecule has 1 atom stereocenters. The first-order valence-electron chi connectivity index (χ1n) is 14.5. The predicted molar refractivity (Wildman–Crippen MR) is 131 cm³/mol. The highest BCUT2D eigenvalue weighted by Crippen LogP contribution is 2.42. The molecule has 0 spiro atoms. The van der Waals surface area contributed by atoms with Crippen LogP contribution < -0.4 is 0 Å². The molecule has 0 radical (unpaired) electrons. The first kappa shape index (κ1) is 23.1. The molecule has 1 unspecified atom stereocenters. The van der Waals surface area contributed by atoms with E-state index in [1.807, 2.05) is 0 Å². The van der Waals surface area contributed by atoms with E-state index in [4.69, 9.17) is 0 Å². The van der Waals surface area contributed by atoms with Gasteiger partial charge >= 0.3 is 0 Å². The largest absolute Gasteiger partial charge is 0.294 e. The molecule has 0 aliphatic heterocycles. The fourth-order valence-corrected chi connectivity index (χ4v) is 8.13. The van der Waals surface area contributed by atoms with Crippen LogP contribution in [0.3, 0.4) is 0 Å². The fraction of sp³-hybridized carbons (Fsp3) is 1.00. The molecule has 4 rings (SSSR count). The van der Waals surface area contributed by atoms with Crippen LogP contribution in [0, 0.1) is 23.7 Å². The van der Waals surface area contributed by atoms with E-state index >= 15 is 0 Å². The van der Waals surface area contributed by atoms with Crippen LogP contribution in [-0.2, 0) is 0 Å². The highest BCUT2D eigenvalue weighted by Gasteiger charge is 2.36. The summed E-state index contributed by atoms with van der Waals surface area (Å²) in [7, 11) is 0. The first-order chi connectivity index (χ1) is 14.7. The van der Waals surface area contributed by atoms with Crippen LogP contribution in [-0.4, -0.2) is 23.0 Å². The van der Waals surface area contributed by atoms with E-state index in [2.05, 4.69) is 18.7 Å². The third-order valence-corrected chi connectivity index (χ3v) is 10.2. The van der Waals surface area contributed by atoms with Crippen molar-refractivity contribution in [2.45, 2.75) is 160 Å². The predicted octanol–water partition coefficient (Wildman–Crippen LogP) is 8.76. The van der Waals surface area contributed by atoms with Gasteiger partial charge in [0.15, 0.2) is 0 Å². The zero-order chi connectivity index (χ0) is 20.8. The average Bonchev–Trinajstić information content (AvgIpc) is 2.82. The molecule has 0 aromatic rings. The van der Waals surface area contributed by atoms with Gasteiger partial charge in [0.1, 0.15) is 0 Å². The van der Waals surface area contributed by atoms with Crippen molar-refractivity contribution >= 4 is 0 Å². The van der Waals surface area contributed by atoms with Crippen LogP contribution in [0.15, 0.2) is 0 Å². The maximum absolute atomic E-state index is 3.16. The highest BCUT2D eigenvalue weighted by molar-refractivity contribution is 4.91. The lowest BCUT2D eigenvalue weighted by Crippen LogP contribution is -2.52. The molecule has 0 N–H and O–H groups in total. The summed E-state index contributed by atoms with van der Waals surface area (Å²) in [6, 6.07) is 2.83. The van der Waals surface area contributed by atoms with Gasteiger partial charge in [-0.3, -0.25) is 4.90 Å². The Morgan fingerprint density at radius 1 is 0.567 bits per heavy atom. The molecule has 0 bridgehead atoms. The van der Waals surface area contributed by atoms with Gasteiger partial charge in [-0.25, -0.2) is 0 Å². The second-order valence-electron chi connectivity index (χ2n) is 12.1. The summed E-state index contributed by atoms with van der Waals surface area (Å²) in [5.74, 6) is 4.14. The van der Waals surface area contributed by atoms with E-state index < -0.39 is 0 Å². The van der Waals surface area contributed by atoms with E-state index in [-0.39, 0.29) is 0 Å². The van der Waals surface area contributed by atoms with Crippen molar-refractivity contribution in [1.29, 1.82) is 0 Å². The Balaban J connectivity index is 1.26. The van der Waals surface area contributed by atoms with Crippen LogP contribution in [0.4, 0.5) is 0 Å². The Morgan fingerprint density at radius 3 is 1.47 bits per heavy atom. The molecular weight excluding hydrogens is 362 g/mol. The van der Waals surface area contributed by atoms with Gasteiger partial charge in [0.05, 0.1) is 0 Å². The molecule has 0 aromatic carbocycles. The van der Waals surface area contributed by atoms with Crippen molar-refractivity contribution < 1.29 is 0 Å². The Kier molecular flexibility index (Phi) is 9.03. The van der Waals surface area contributed by atoms with Gasteiger partial charge in [-0.2, -0.15) is 0 Å². The van der Waals surface area contributed by atoms with E-state index in [1.165, 1.54) is 96.3 Å². The lowest BCUT2D eigenvalue weighted by Gasteiger charge is -2.48. The van der Waals surface area contributed by atoms with Crippen molar-refractivity contribution in [3.8, 4) is 0 Å². The topological polar surface area (TPSA) is 3.24 Å². The lowest BCUT2D eigenvalue weighted by atomic mass is 9.71. The molecule has 0 amide bonds. The quantitative estimate of drug-likeness (QED) is 0.401. The molecule has 0 saturated heterocycles. The standard InChI is InChI=1S/C29H53N/c1-3-23(2)26-18-14-24(15-19-26)22-25-16-20-29(21-17-25)30(27-10-6-4-7-11-27)28-12-8-5-9-13-28/h23-29H,3-22H2,1-2H3. The minimum absolute atomic E-state index is 0.939. The smallest absolute Gasteiger partial charge is 0.0101 e. The zero-order valence-electron chi connectivity index (χ0n) is 20.6. The number of nitrogens with zero attached hydrogens (tertiary/aromatic N) is 1. The second-order valence-corrected chi connectivity index (χ2v) is 12.1. The lowest BCUT2D eigenvalue weighted by molar-refractivity contribution is 0.0130. The summed E-state index contributed by atoms with van der Waals surface area (Å²) in [4.78, 5) is 3.16. The normalized spacial score (nSPS) is 36.1. The number of rotatable bonds is 7. The average molecular weight is 416 g/mol. The van der Waals surface area contributed by atoms with Crippen LogP contribution >= 0.6 is 0 Å². The Labute approximate surface area is 189 Å². The van der Waals surface area contributed by atoms with Crippen LogP contribution in [0.2, 0.25) is 0 Å². The fourth-order valence-electron chi connectivity index (χ4n) is 8.13. The molecule has 4 aliphatic rings. The van der Waals surface area contributed by atoms with Gasteiger partial charge < -0.3 is 0 Å². The van der Waals surface area contributed by atoms with Gasteiger partial charge in [-0.15, -0.1) is 0 Å². The molecule has 1 heteroatoms. The van der Waals surface area contributed by atoms with Crippen molar-refractivity contribution in [2.24, 2.45) is 23.7 Å². The number of hydrogen-bond donors (Lipinski definition) is 0. The molecule has 0 aromatic heterocycles. The molecule has 0 heterocycles. The van der Waals surface area contributed by atoms with Crippen LogP contribution in [0.25, 0.3) is 0 Å². The molecular formula is C29H53N. The third kappa shape index (κ3) is 6.05. The first-order valence-corrected chi connectivity index (χ1v) is 14.5. The molecule has 174 valence electrons. The van der Waals surface area contributed by atoms with Crippen molar-refractivity contribution in [1.82, 2.24) is 4.90 Å².